The van der Waals surface area contributed by atoms with E-state index in [2.05, 4.69) is 17.3 Å². The van der Waals surface area contributed by atoms with Crippen molar-refractivity contribution in [3.05, 3.63) is 23.8 Å². The molecule has 1 aromatic carbocycles. The zero-order valence-electron chi connectivity index (χ0n) is 12.1. The Labute approximate surface area is 120 Å². The molecule has 1 aliphatic rings. The van der Waals surface area contributed by atoms with E-state index in [9.17, 15) is 4.79 Å². The lowest BCUT2D eigenvalue weighted by molar-refractivity contribution is 0.100. The van der Waals surface area contributed by atoms with Gasteiger partial charge in [-0.3, -0.25) is 4.79 Å². The molecule has 0 aromatic heterocycles. The van der Waals surface area contributed by atoms with Gasteiger partial charge in [-0.1, -0.05) is 0 Å². The molecule has 0 aliphatic carbocycles. The summed E-state index contributed by atoms with van der Waals surface area (Å²) in [4.78, 5) is 13.6. The van der Waals surface area contributed by atoms with Crippen LogP contribution in [0.4, 0.5) is 11.4 Å². The summed E-state index contributed by atoms with van der Waals surface area (Å²) in [7, 11) is 2.17. The van der Waals surface area contributed by atoms with Crippen LogP contribution >= 0.6 is 0 Å². The first-order chi connectivity index (χ1) is 9.56. The number of carbonyl (C=O) groups excluding carboxylic acids is 1. The smallest absolute Gasteiger partial charge is 0.250 e. The number of amides is 1. The second-order valence-electron chi connectivity index (χ2n) is 5.63. The van der Waals surface area contributed by atoms with E-state index in [-0.39, 0.29) is 0 Å². The van der Waals surface area contributed by atoms with Gasteiger partial charge in [-0.25, -0.2) is 0 Å². The number of nitrogens with two attached hydrogens (primary N) is 2. The van der Waals surface area contributed by atoms with Crippen LogP contribution in [0, 0.1) is 5.92 Å². The van der Waals surface area contributed by atoms with Crippen molar-refractivity contribution in [3.63, 3.8) is 0 Å². The van der Waals surface area contributed by atoms with E-state index in [0.717, 1.165) is 24.6 Å². The lowest BCUT2D eigenvalue weighted by Crippen LogP contribution is -2.30. The molecule has 1 heterocycles. The summed E-state index contributed by atoms with van der Waals surface area (Å²) in [6.45, 7) is 3.30. The average Bonchev–Trinajstić information content (AvgIpc) is 2.42. The summed E-state index contributed by atoms with van der Waals surface area (Å²) in [6.07, 6.45) is 3.70. The van der Waals surface area contributed by atoms with Gasteiger partial charge in [0.2, 0.25) is 0 Å². The monoisotopic (exact) mass is 276 g/mol. The first-order valence-electron chi connectivity index (χ1n) is 7.18. The molecule has 5 nitrogen and oxygen atoms in total. The molecule has 0 saturated carbocycles. The maximum atomic E-state index is 11.2. The number of likely N-dealkylation sites (tertiary alicyclic amines) is 1. The summed E-state index contributed by atoms with van der Waals surface area (Å²) in [5.74, 6) is 0.310. The third kappa shape index (κ3) is 3.87. The van der Waals surface area contributed by atoms with E-state index in [4.69, 9.17) is 11.5 Å². The van der Waals surface area contributed by atoms with E-state index >= 15 is 0 Å². The van der Waals surface area contributed by atoms with Gasteiger partial charge in [0.05, 0.1) is 5.56 Å². The predicted molar refractivity (Wildman–Crippen MR) is 82.7 cm³/mol. The van der Waals surface area contributed by atoms with Crippen LogP contribution in [0.5, 0.6) is 0 Å². The number of carbonyl (C=O) groups is 1. The predicted octanol–water partition coefficient (Wildman–Crippen LogP) is 1.51. The topological polar surface area (TPSA) is 84.4 Å². The van der Waals surface area contributed by atoms with Crippen molar-refractivity contribution in [1.82, 2.24) is 4.90 Å². The second-order valence-corrected chi connectivity index (χ2v) is 5.63. The Hall–Kier alpha value is -1.75. The molecule has 2 rings (SSSR count). The van der Waals surface area contributed by atoms with E-state index in [1.165, 1.54) is 25.9 Å². The molecule has 5 heteroatoms. The van der Waals surface area contributed by atoms with Crippen molar-refractivity contribution in [1.29, 1.82) is 0 Å². The van der Waals surface area contributed by atoms with Crippen LogP contribution in [0.15, 0.2) is 18.2 Å². The van der Waals surface area contributed by atoms with Crippen molar-refractivity contribution in [2.24, 2.45) is 11.7 Å². The highest BCUT2D eigenvalue weighted by Gasteiger charge is 2.16. The molecule has 110 valence electrons. The number of nitrogens with one attached hydrogen (secondary N) is 1. The van der Waals surface area contributed by atoms with Gasteiger partial charge < -0.3 is 21.7 Å². The van der Waals surface area contributed by atoms with Crippen molar-refractivity contribution in [2.75, 3.05) is 37.7 Å². The minimum Gasteiger partial charge on any atom is -0.398 e. The third-order valence-electron chi connectivity index (χ3n) is 4.04. The summed E-state index contributed by atoms with van der Waals surface area (Å²) < 4.78 is 0. The van der Waals surface area contributed by atoms with Gasteiger partial charge in [-0.15, -0.1) is 0 Å². The van der Waals surface area contributed by atoms with Crippen LogP contribution in [0.25, 0.3) is 0 Å². The minimum absolute atomic E-state index is 0.384. The fourth-order valence-corrected chi connectivity index (χ4v) is 2.65. The van der Waals surface area contributed by atoms with Gasteiger partial charge in [-0.05, 0) is 63.5 Å². The van der Waals surface area contributed by atoms with Gasteiger partial charge in [-0.2, -0.15) is 0 Å². The van der Waals surface area contributed by atoms with Crippen LogP contribution in [0.3, 0.4) is 0 Å². The Morgan fingerprint density at radius 3 is 2.75 bits per heavy atom. The van der Waals surface area contributed by atoms with Crippen LogP contribution < -0.4 is 16.8 Å². The normalized spacial score (nSPS) is 17.1. The van der Waals surface area contributed by atoms with Gasteiger partial charge >= 0.3 is 0 Å². The summed E-state index contributed by atoms with van der Waals surface area (Å²) in [5, 5.41) is 3.35. The molecular formula is C15H24N4O. The number of rotatable bonds is 5. The maximum absolute atomic E-state index is 11.2. The molecule has 20 heavy (non-hydrogen) atoms. The molecule has 5 N–H and O–H groups in total. The van der Waals surface area contributed by atoms with E-state index < -0.39 is 5.91 Å². The van der Waals surface area contributed by atoms with Crippen LogP contribution in [0.1, 0.15) is 29.6 Å². The first-order valence-corrected chi connectivity index (χ1v) is 7.18. The number of nitrogens with zero attached hydrogens (tertiary/aromatic N) is 1. The largest absolute Gasteiger partial charge is 0.398 e. The molecule has 0 bridgehead atoms. The van der Waals surface area contributed by atoms with Crippen molar-refractivity contribution in [3.8, 4) is 0 Å². The molecule has 0 spiro atoms. The van der Waals surface area contributed by atoms with Crippen LogP contribution in [-0.2, 0) is 0 Å². The first kappa shape index (κ1) is 14.7. The van der Waals surface area contributed by atoms with E-state index in [0.29, 0.717) is 11.3 Å². The highest BCUT2D eigenvalue weighted by Crippen LogP contribution is 2.21. The second kappa shape index (κ2) is 6.61. The highest BCUT2D eigenvalue weighted by molar-refractivity contribution is 5.98. The molecule has 0 atom stereocenters. The number of piperidine rings is 1. The molecule has 0 radical (unpaired) electrons. The number of primary amides is 1. The molecule has 1 aliphatic heterocycles. The molecular weight excluding hydrogens is 252 g/mol. The fraction of sp³-hybridized carbons (Fsp3) is 0.533. The fourth-order valence-electron chi connectivity index (χ4n) is 2.65. The van der Waals surface area contributed by atoms with Crippen molar-refractivity contribution < 1.29 is 4.79 Å². The third-order valence-corrected chi connectivity index (χ3v) is 4.04. The lowest BCUT2D eigenvalue weighted by atomic mass is 9.94. The van der Waals surface area contributed by atoms with Crippen molar-refractivity contribution in [2.45, 2.75) is 19.3 Å². The average molecular weight is 276 g/mol. The standard InChI is InChI=1S/C15H24N4O/c1-19-8-5-11(6-9-19)4-7-18-12-2-3-14(16)13(10-12)15(17)20/h2-3,10-11,18H,4-9,16H2,1H3,(H2,17,20). The molecule has 1 saturated heterocycles. The van der Waals surface area contributed by atoms with E-state index in [1.807, 2.05) is 6.07 Å². The number of hydrogen-bond acceptors (Lipinski definition) is 4. The van der Waals surface area contributed by atoms with E-state index in [1.54, 1.807) is 12.1 Å². The van der Waals surface area contributed by atoms with Crippen LogP contribution in [-0.4, -0.2) is 37.5 Å². The highest BCUT2D eigenvalue weighted by atomic mass is 16.1. The zero-order valence-corrected chi connectivity index (χ0v) is 12.1. The number of hydrogen-bond donors (Lipinski definition) is 3. The molecule has 0 unspecified atom stereocenters. The number of anilines is 2. The summed E-state index contributed by atoms with van der Waals surface area (Å²) in [5.41, 5.74) is 12.7. The minimum atomic E-state index is -0.485. The van der Waals surface area contributed by atoms with Gasteiger partial charge in [0.25, 0.3) is 5.91 Å². The summed E-state index contributed by atoms with van der Waals surface area (Å²) >= 11 is 0. The SMILES string of the molecule is CN1CCC(CCNc2ccc(N)c(C(N)=O)c2)CC1. The van der Waals surface area contributed by atoms with Gasteiger partial charge in [0, 0.05) is 17.9 Å². The van der Waals surface area contributed by atoms with Crippen LogP contribution in [0.2, 0.25) is 0 Å². The molecule has 1 aromatic rings. The number of benzene rings is 1. The Bertz CT molecular complexity index is 467. The van der Waals surface area contributed by atoms with Crippen molar-refractivity contribution >= 4 is 17.3 Å². The zero-order chi connectivity index (χ0) is 14.5. The Kier molecular flexibility index (Phi) is 4.84. The van der Waals surface area contributed by atoms with Gasteiger partial charge in [0.15, 0.2) is 0 Å². The summed E-state index contributed by atoms with van der Waals surface area (Å²) in [6, 6.07) is 5.33. The molecule has 1 fully saturated rings. The number of nitrogen functional groups attached to an aromatic ring is 1. The van der Waals surface area contributed by atoms with Gasteiger partial charge in [0.1, 0.15) is 0 Å². The Morgan fingerprint density at radius 1 is 1.40 bits per heavy atom. The Morgan fingerprint density at radius 2 is 2.10 bits per heavy atom. The molecule has 1 amide bonds. The lowest BCUT2D eigenvalue weighted by Gasteiger charge is -2.29. The Balaban J connectivity index is 1.82. The maximum Gasteiger partial charge on any atom is 0.250 e. The quantitative estimate of drug-likeness (QED) is 0.712.